The zero-order chi connectivity index (χ0) is 26.5. The Kier molecular flexibility index (Phi) is 7.07. The number of halogens is 2. The largest absolute Gasteiger partial charge is 0.339 e. The molecule has 6 nitrogen and oxygen atoms in total. The van der Waals surface area contributed by atoms with Crippen LogP contribution in [-0.2, 0) is 15.1 Å². The van der Waals surface area contributed by atoms with Gasteiger partial charge in [-0.15, -0.1) is 0 Å². The zero-order valence-corrected chi connectivity index (χ0v) is 23.7. The lowest BCUT2D eigenvalue weighted by atomic mass is 9.81. The summed E-state index contributed by atoms with van der Waals surface area (Å²) in [5.74, 6) is 0.156. The molecule has 0 N–H and O–H groups in total. The number of allylic oxidation sites excluding steroid dienone is 1. The predicted molar refractivity (Wildman–Crippen MR) is 151 cm³/mol. The topological polar surface area (TPSA) is 56.2 Å². The van der Waals surface area contributed by atoms with E-state index < -0.39 is 5.54 Å². The van der Waals surface area contributed by atoms with E-state index in [-0.39, 0.29) is 23.8 Å². The van der Waals surface area contributed by atoms with Crippen LogP contribution in [0.2, 0.25) is 10.0 Å². The predicted octanol–water partition coefficient (Wildman–Crippen LogP) is 5.93. The van der Waals surface area contributed by atoms with Crippen LogP contribution in [-0.4, -0.2) is 57.9 Å². The molecule has 9 heteroatoms. The number of piperazine rings is 1. The molecule has 37 heavy (non-hydrogen) atoms. The van der Waals surface area contributed by atoms with Crippen LogP contribution in [0.5, 0.6) is 0 Å². The number of rotatable bonds is 4. The molecule has 3 aliphatic heterocycles. The first-order valence-corrected chi connectivity index (χ1v) is 14.0. The molecule has 0 saturated carbocycles. The second kappa shape index (κ2) is 10.0. The van der Waals surface area contributed by atoms with Gasteiger partial charge in [0.05, 0.1) is 6.04 Å². The highest BCUT2D eigenvalue weighted by Crippen LogP contribution is 2.56. The van der Waals surface area contributed by atoms with Crippen LogP contribution in [0, 0.1) is 5.92 Å². The monoisotopic (exact) mass is 556 g/mol. The van der Waals surface area contributed by atoms with Gasteiger partial charge in [0.25, 0.3) is 5.91 Å². The summed E-state index contributed by atoms with van der Waals surface area (Å²) in [6.45, 7) is 10.1. The van der Waals surface area contributed by atoms with Crippen LogP contribution in [0.1, 0.15) is 44.9 Å². The van der Waals surface area contributed by atoms with Gasteiger partial charge in [-0.25, -0.2) is 4.99 Å². The number of aliphatic imine (C=N–C) groups is 1. The van der Waals surface area contributed by atoms with Gasteiger partial charge in [0.1, 0.15) is 10.4 Å². The van der Waals surface area contributed by atoms with Crippen LogP contribution in [0.4, 0.5) is 0 Å². The van der Waals surface area contributed by atoms with Gasteiger partial charge in [0.15, 0.2) is 5.17 Å². The maximum absolute atomic E-state index is 13.8. The average molecular weight is 558 g/mol. The van der Waals surface area contributed by atoms with E-state index in [0.29, 0.717) is 36.2 Å². The molecule has 2 amide bonds. The van der Waals surface area contributed by atoms with Gasteiger partial charge in [-0.2, -0.15) is 0 Å². The van der Waals surface area contributed by atoms with E-state index in [1.165, 1.54) is 11.8 Å². The van der Waals surface area contributed by atoms with Gasteiger partial charge in [-0.1, -0.05) is 61.3 Å². The van der Waals surface area contributed by atoms with E-state index in [1.54, 1.807) is 11.8 Å². The summed E-state index contributed by atoms with van der Waals surface area (Å²) < 4.78 is 0. The van der Waals surface area contributed by atoms with E-state index in [4.69, 9.17) is 28.2 Å². The van der Waals surface area contributed by atoms with Crippen molar-refractivity contribution in [2.75, 3.05) is 26.2 Å². The fourth-order valence-corrected chi connectivity index (χ4v) is 7.06. The van der Waals surface area contributed by atoms with Gasteiger partial charge in [-0.3, -0.25) is 9.59 Å². The van der Waals surface area contributed by atoms with Crippen molar-refractivity contribution in [1.29, 1.82) is 0 Å². The number of nitrogens with zero attached hydrogens (tertiary/aromatic N) is 4. The molecular formula is C28H30Cl2N4O2S. The van der Waals surface area contributed by atoms with Crippen LogP contribution in [0.25, 0.3) is 0 Å². The average Bonchev–Trinajstić information content (AvgIpc) is 3.37. The Morgan fingerprint density at radius 3 is 2.03 bits per heavy atom. The summed E-state index contributed by atoms with van der Waals surface area (Å²) in [5, 5.41) is 2.18. The standard InChI is InChI=1S/C28H30Cl2N4O2S/c1-17(2)23-24(26(36)33-15-13-32(14-16-33)18(3)35)37-27-31-28(4,20-7-11-22(30)12-8-20)25(34(23)27)19-5-9-21(29)10-6-19/h5-12,17,25H,13-16H2,1-4H3/t25-,28+/m0/s1. The van der Waals surface area contributed by atoms with Crippen molar-refractivity contribution in [2.24, 2.45) is 10.9 Å². The van der Waals surface area contributed by atoms with Gasteiger partial charge in [0, 0.05) is 48.8 Å². The molecule has 2 aromatic rings. The van der Waals surface area contributed by atoms with Crippen LogP contribution < -0.4 is 0 Å². The summed E-state index contributed by atoms with van der Waals surface area (Å²) in [6, 6.07) is 15.6. The molecule has 0 bridgehead atoms. The molecule has 1 saturated heterocycles. The third-order valence-corrected chi connectivity index (χ3v) is 8.94. The fraction of sp³-hybridized carbons (Fsp3) is 0.393. The SMILES string of the molecule is CC(=O)N1CCN(C(=O)C2=C(C(C)C)N3C(=N[C@](C)(c4ccc(Cl)cc4)[C@@H]3c3ccc(Cl)cc3)S2)CC1. The van der Waals surface area contributed by atoms with Crippen molar-refractivity contribution in [3.05, 3.63) is 80.3 Å². The molecule has 3 aliphatic rings. The van der Waals surface area contributed by atoms with Crippen molar-refractivity contribution < 1.29 is 9.59 Å². The Hall–Kier alpha value is -2.48. The molecule has 5 rings (SSSR count). The number of thioether (sulfide) groups is 1. The second-order valence-corrected chi connectivity index (χ2v) is 12.0. The van der Waals surface area contributed by atoms with Crippen LogP contribution in [0.3, 0.4) is 0 Å². The summed E-state index contributed by atoms with van der Waals surface area (Å²) in [4.78, 5) is 37.5. The van der Waals surface area contributed by atoms with Crippen molar-refractivity contribution in [2.45, 2.75) is 39.3 Å². The Labute approximate surface area is 232 Å². The molecule has 2 atom stereocenters. The Morgan fingerprint density at radius 1 is 0.946 bits per heavy atom. The maximum atomic E-state index is 13.8. The molecule has 2 aromatic carbocycles. The Balaban J connectivity index is 1.56. The van der Waals surface area contributed by atoms with Crippen molar-refractivity contribution in [3.63, 3.8) is 0 Å². The molecular weight excluding hydrogens is 527 g/mol. The lowest BCUT2D eigenvalue weighted by molar-refractivity contribution is -0.135. The first kappa shape index (κ1) is 26.1. The van der Waals surface area contributed by atoms with Gasteiger partial charge >= 0.3 is 0 Å². The molecule has 0 radical (unpaired) electrons. The first-order valence-electron chi connectivity index (χ1n) is 12.5. The van der Waals surface area contributed by atoms with Gasteiger partial charge in [0.2, 0.25) is 5.91 Å². The van der Waals surface area contributed by atoms with E-state index in [1.807, 2.05) is 53.4 Å². The molecule has 194 valence electrons. The number of carbonyl (C=O) groups is 2. The number of fused-ring (bicyclic) bond motifs is 1. The number of amides is 2. The lowest BCUT2D eigenvalue weighted by Gasteiger charge is -2.37. The third-order valence-electron chi connectivity index (χ3n) is 7.38. The second-order valence-electron chi connectivity index (χ2n) is 10.1. The summed E-state index contributed by atoms with van der Waals surface area (Å²) in [5.41, 5.74) is 2.52. The van der Waals surface area contributed by atoms with Crippen LogP contribution in [0.15, 0.2) is 64.1 Å². The van der Waals surface area contributed by atoms with E-state index >= 15 is 0 Å². The zero-order valence-electron chi connectivity index (χ0n) is 21.4. The highest BCUT2D eigenvalue weighted by molar-refractivity contribution is 8.18. The van der Waals surface area contributed by atoms with Crippen molar-refractivity contribution in [1.82, 2.24) is 14.7 Å². The summed E-state index contributed by atoms with van der Waals surface area (Å²) in [7, 11) is 0. The first-order chi connectivity index (χ1) is 17.6. The molecule has 0 unspecified atom stereocenters. The maximum Gasteiger partial charge on any atom is 0.262 e. The minimum atomic E-state index is -0.595. The summed E-state index contributed by atoms with van der Waals surface area (Å²) >= 11 is 13.9. The molecule has 0 aromatic heterocycles. The Bertz CT molecular complexity index is 1280. The highest BCUT2D eigenvalue weighted by atomic mass is 35.5. The molecule has 3 heterocycles. The summed E-state index contributed by atoms with van der Waals surface area (Å²) in [6.07, 6.45) is 0. The number of amidine groups is 1. The fourth-order valence-electron chi connectivity index (χ4n) is 5.43. The van der Waals surface area contributed by atoms with E-state index in [9.17, 15) is 9.59 Å². The molecule has 0 aliphatic carbocycles. The Morgan fingerprint density at radius 2 is 1.49 bits per heavy atom. The van der Waals surface area contributed by atoms with Gasteiger partial charge in [-0.05, 0) is 60.0 Å². The van der Waals surface area contributed by atoms with E-state index in [2.05, 4.69) is 25.7 Å². The van der Waals surface area contributed by atoms with Crippen LogP contribution >= 0.6 is 35.0 Å². The highest BCUT2D eigenvalue weighted by Gasteiger charge is 2.53. The van der Waals surface area contributed by atoms with Crippen molar-refractivity contribution in [3.8, 4) is 0 Å². The number of hydrogen-bond donors (Lipinski definition) is 0. The number of carbonyl (C=O) groups excluding carboxylic acids is 2. The molecule has 1 fully saturated rings. The quantitative estimate of drug-likeness (QED) is 0.468. The minimum absolute atomic E-state index is 0.0112. The van der Waals surface area contributed by atoms with Gasteiger partial charge < -0.3 is 14.7 Å². The minimum Gasteiger partial charge on any atom is -0.339 e. The lowest BCUT2D eigenvalue weighted by Crippen LogP contribution is -2.50. The third kappa shape index (κ3) is 4.66. The van der Waals surface area contributed by atoms with E-state index in [0.717, 1.165) is 26.9 Å². The smallest absolute Gasteiger partial charge is 0.262 e. The van der Waals surface area contributed by atoms with Crippen molar-refractivity contribution >= 4 is 51.9 Å². The number of benzene rings is 2. The number of hydrogen-bond acceptors (Lipinski definition) is 5. The normalized spacial score (nSPS) is 23.6. The molecule has 0 spiro atoms.